The molecular weight excluding hydrogens is 286 g/mol. The maximum absolute atomic E-state index is 12.4. The third kappa shape index (κ3) is 3.77. The zero-order chi connectivity index (χ0) is 15.5. The van der Waals surface area contributed by atoms with Crippen LogP contribution >= 0.6 is 0 Å². The second-order valence-corrected chi connectivity index (χ2v) is 6.58. The molecule has 0 saturated heterocycles. The molecule has 2 rings (SSSR count). The van der Waals surface area contributed by atoms with E-state index in [1.807, 2.05) is 30.3 Å². The second kappa shape index (κ2) is 6.20. The molecule has 0 atom stereocenters. The van der Waals surface area contributed by atoms with E-state index in [9.17, 15) is 13.2 Å². The van der Waals surface area contributed by atoms with E-state index in [0.29, 0.717) is 11.1 Å². The number of carbonyl (C=O) groups excluding carboxylic acids is 1. The molecule has 2 aromatic carbocycles. The Hall–Kier alpha value is -1.98. The summed E-state index contributed by atoms with van der Waals surface area (Å²) < 4.78 is 27.3. The first-order valence-corrected chi connectivity index (χ1v) is 8.03. The summed E-state index contributed by atoms with van der Waals surface area (Å²) in [7, 11) is -3.65. The Labute approximate surface area is 124 Å². The molecule has 0 aromatic heterocycles. The lowest BCUT2D eigenvalue weighted by molar-refractivity contribution is 0.101. The molecule has 0 fully saturated rings. The van der Waals surface area contributed by atoms with Crippen molar-refractivity contribution in [3.05, 3.63) is 65.2 Å². The number of aryl methyl sites for hydroxylation is 1. The van der Waals surface area contributed by atoms with Crippen LogP contribution in [0.5, 0.6) is 0 Å². The first kappa shape index (κ1) is 15.4. The highest BCUT2D eigenvalue weighted by molar-refractivity contribution is 7.89. The van der Waals surface area contributed by atoms with E-state index in [1.54, 1.807) is 19.1 Å². The number of nitrogens with one attached hydrogen (secondary N) is 1. The van der Waals surface area contributed by atoms with Gasteiger partial charge in [0.15, 0.2) is 5.78 Å². The van der Waals surface area contributed by atoms with Crippen molar-refractivity contribution < 1.29 is 13.2 Å². The number of rotatable bonds is 5. The zero-order valence-corrected chi connectivity index (χ0v) is 12.8. The Bertz CT molecular complexity index is 752. The summed E-state index contributed by atoms with van der Waals surface area (Å²) in [4.78, 5) is 11.5. The average Bonchev–Trinajstić information content (AvgIpc) is 2.46. The molecule has 0 aliphatic heterocycles. The number of sulfonamides is 1. The van der Waals surface area contributed by atoms with Crippen LogP contribution in [0.3, 0.4) is 0 Å². The van der Waals surface area contributed by atoms with E-state index >= 15 is 0 Å². The van der Waals surface area contributed by atoms with Crippen molar-refractivity contribution in [2.45, 2.75) is 25.3 Å². The lowest BCUT2D eigenvalue weighted by atomic mass is 10.1. The summed E-state index contributed by atoms with van der Waals surface area (Å²) in [5.41, 5.74) is 1.88. The first-order chi connectivity index (χ1) is 9.90. The third-order valence-corrected chi connectivity index (χ3v) is 4.74. The van der Waals surface area contributed by atoms with Crippen LogP contribution in [0.1, 0.15) is 28.4 Å². The first-order valence-electron chi connectivity index (χ1n) is 6.55. The lowest BCUT2D eigenvalue weighted by Gasteiger charge is -2.10. The molecule has 0 heterocycles. The molecule has 1 N–H and O–H groups in total. The molecule has 110 valence electrons. The molecule has 0 bridgehead atoms. The van der Waals surface area contributed by atoms with E-state index in [-0.39, 0.29) is 17.2 Å². The van der Waals surface area contributed by atoms with Gasteiger partial charge in [-0.05, 0) is 31.0 Å². The fourth-order valence-electron chi connectivity index (χ4n) is 1.96. The minimum atomic E-state index is -3.65. The van der Waals surface area contributed by atoms with Gasteiger partial charge in [0.05, 0.1) is 4.90 Å². The summed E-state index contributed by atoms with van der Waals surface area (Å²) in [5.74, 6) is -0.158. The minimum absolute atomic E-state index is 0.145. The summed E-state index contributed by atoms with van der Waals surface area (Å²) >= 11 is 0. The van der Waals surface area contributed by atoms with E-state index in [1.165, 1.54) is 13.0 Å². The van der Waals surface area contributed by atoms with Crippen molar-refractivity contribution in [1.82, 2.24) is 4.72 Å². The van der Waals surface area contributed by atoms with Crippen LogP contribution in [0.15, 0.2) is 53.4 Å². The number of hydrogen-bond donors (Lipinski definition) is 1. The highest BCUT2D eigenvalue weighted by Gasteiger charge is 2.17. The average molecular weight is 303 g/mol. The van der Waals surface area contributed by atoms with Gasteiger partial charge < -0.3 is 0 Å². The van der Waals surface area contributed by atoms with Gasteiger partial charge in [-0.2, -0.15) is 0 Å². The Balaban J connectivity index is 2.27. The summed E-state index contributed by atoms with van der Waals surface area (Å²) in [6.45, 7) is 3.34. The monoisotopic (exact) mass is 303 g/mol. The summed E-state index contributed by atoms with van der Waals surface area (Å²) in [5, 5.41) is 0. The van der Waals surface area contributed by atoms with Crippen LogP contribution in [0.2, 0.25) is 0 Å². The molecule has 0 spiro atoms. The maximum Gasteiger partial charge on any atom is 0.241 e. The van der Waals surface area contributed by atoms with E-state index in [0.717, 1.165) is 5.56 Å². The zero-order valence-electron chi connectivity index (χ0n) is 12.0. The smallest absolute Gasteiger partial charge is 0.241 e. The Kier molecular flexibility index (Phi) is 4.55. The molecule has 0 saturated carbocycles. The predicted octanol–water partition coefficient (Wildman–Crippen LogP) is 2.68. The van der Waals surface area contributed by atoms with Gasteiger partial charge in [0.2, 0.25) is 10.0 Å². The third-order valence-electron chi connectivity index (χ3n) is 3.19. The molecule has 2 aromatic rings. The molecule has 5 heteroatoms. The fraction of sp³-hybridized carbons (Fsp3) is 0.188. The van der Waals surface area contributed by atoms with Crippen LogP contribution in [-0.2, 0) is 16.6 Å². The molecular formula is C16H17NO3S. The standard InChI is InChI=1S/C16H17NO3S/c1-12-8-9-15(13(2)18)10-16(12)21(19,20)17-11-14-6-4-3-5-7-14/h3-10,17H,11H2,1-2H3. The van der Waals surface area contributed by atoms with Crippen molar-refractivity contribution in [1.29, 1.82) is 0 Å². The van der Waals surface area contributed by atoms with Crippen molar-refractivity contribution in [3.8, 4) is 0 Å². The molecule has 0 unspecified atom stereocenters. The van der Waals surface area contributed by atoms with E-state index in [4.69, 9.17) is 0 Å². The van der Waals surface area contributed by atoms with Gasteiger partial charge in [-0.3, -0.25) is 4.79 Å². The minimum Gasteiger partial charge on any atom is -0.295 e. The van der Waals surface area contributed by atoms with E-state index < -0.39 is 10.0 Å². The van der Waals surface area contributed by atoms with E-state index in [2.05, 4.69) is 4.72 Å². The van der Waals surface area contributed by atoms with Gasteiger partial charge >= 0.3 is 0 Å². The topological polar surface area (TPSA) is 63.2 Å². The van der Waals surface area contributed by atoms with Crippen molar-refractivity contribution in [2.75, 3.05) is 0 Å². The van der Waals surface area contributed by atoms with Crippen LogP contribution < -0.4 is 4.72 Å². The number of carbonyl (C=O) groups is 1. The number of ketones is 1. The largest absolute Gasteiger partial charge is 0.295 e. The number of Topliss-reactive ketones (excluding diaryl/α,β-unsaturated/α-hetero) is 1. The molecule has 4 nitrogen and oxygen atoms in total. The highest BCUT2D eigenvalue weighted by Crippen LogP contribution is 2.17. The molecule has 0 amide bonds. The van der Waals surface area contributed by atoms with Gasteiger partial charge in [-0.15, -0.1) is 0 Å². The normalized spacial score (nSPS) is 11.3. The van der Waals surface area contributed by atoms with Crippen molar-refractivity contribution in [3.63, 3.8) is 0 Å². The quantitative estimate of drug-likeness (QED) is 0.864. The molecule has 21 heavy (non-hydrogen) atoms. The Morgan fingerprint density at radius 3 is 2.38 bits per heavy atom. The van der Waals surface area contributed by atoms with Crippen molar-refractivity contribution in [2.24, 2.45) is 0 Å². The van der Waals surface area contributed by atoms with Crippen LogP contribution in [0, 0.1) is 6.92 Å². The van der Waals surface area contributed by atoms with Crippen molar-refractivity contribution >= 4 is 15.8 Å². The Morgan fingerprint density at radius 1 is 1.10 bits per heavy atom. The van der Waals surface area contributed by atoms with Gasteiger partial charge in [0, 0.05) is 12.1 Å². The molecule has 0 aliphatic rings. The highest BCUT2D eigenvalue weighted by atomic mass is 32.2. The number of hydrogen-bond acceptors (Lipinski definition) is 3. The SMILES string of the molecule is CC(=O)c1ccc(C)c(S(=O)(=O)NCc2ccccc2)c1. The second-order valence-electron chi connectivity index (χ2n) is 4.85. The van der Waals surface area contributed by atoms with Gasteiger partial charge in [-0.1, -0.05) is 42.5 Å². The Morgan fingerprint density at radius 2 is 1.76 bits per heavy atom. The maximum atomic E-state index is 12.4. The lowest BCUT2D eigenvalue weighted by Crippen LogP contribution is -2.24. The fourth-order valence-corrected chi connectivity index (χ4v) is 3.25. The molecule has 0 aliphatic carbocycles. The predicted molar refractivity (Wildman–Crippen MR) is 81.7 cm³/mol. The van der Waals surface area contributed by atoms with Gasteiger partial charge in [-0.25, -0.2) is 13.1 Å². The van der Waals surface area contributed by atoms with Crippen LogP contribution in [0.25, 0.3) is 0 Å². The number of benzene rings is 2. The summed E-state index contributed by atoms with van der Waals surface area (Å²) in [6, 6.07) is 14.0. The van der Waals surface area contributed by atoms with Crippen LogP contribution in [0.4, 0.5) is 0 Å². The summed E-state index contributed by atoms with van der Waals surface area (Å²) in [6.07, 6.45) is 0. The van der Waals surface area contributed by atoms with Gasteiger partial charge in [0.25, 0.3) is 0 Å². The molecule has 0 radical (unpaired) electrons. The van der Waals surface area contributed by atoms with Gasteiger partial charge in [0.1, 0.15) is 0 Å². The van der Waals surface area contributed by atoms with Crippen LogP contribution in [-0.4, -0.2) is 14.2 Å².